The van der Waals surface area contributed by atoms with Crippen molar-refractivity contribution in [2.24, 2.45) is 5.73 Å². The van der Waals surface area contributed by atoms with Crippen molar-refractivity contribution < 1.29 is 13.9 Å². The summed E-state index contributed by atoms with van der Waals surface area (Å²) < 4.78 is 25.7. The Morgan fingerprint density at radius 2 is 1.80 bits per heavy atom. The van der Waals surface area contributed by atoms with E-state index in [0.29, 0.717) is 12.0 Å². The van der Waals surface area contributed by atoms with Crippen molar-refractivity contribution in [1.82, 2.24) is 0 Å². The summed E-state index contributed by atoms with van der Waals surface area (Å²) in [4.78, 5) is 0. The fourth-order valence-electron chi connectivity index (χ4n) is 1.43. The number of halogens is 2. The highest BCUT2D eigenvalue weighted by Crippen LogP contribution is 2.18. The number of hydrogen-bond acceptors (Lipinski definition) is 2. The average Bonchev–Trinajstić information content (AvgIpc) is 2.16. The molecule has 0 aliphatic rings. The predicted octanol–water partition coefficient (Wildman–Crippen LogP) is 1.61. The monoisotopic (exact) mass is 215 g/mol. The van der Waals surface area contributed by atoms with Crippen LogP contribution in [0, 0.1) is 11.6 Å². The summed E-state index contributed by atoms with van der Waals surface area (Å²) in [5.41, 5.74) is 4.74. The van der Waals surface area contributed by atoms with E-state index in [2.05, 4.69) is 0 Å². The highest BCUT2D eigenvalue weighted by atomic mass is 19.1. The van der Waals surface area contributed by atoms with E-state index in [9.17, 15) is 13.9 Å². The van der Waals surface area contributed by atoms with Crippen molar-refractivity contribution in [3.05, 3.63) is 35.4 Å². The molecule has 0 amide bonds. The second kappa shape index (κ2) is 4.68. The lowest BCUT2D eigenvalue weighted by molar-refractivity contribution is 0.0455. The van der Waals surface area contributed by atoms with Crippen molar-refractivity contribution in [2.45, 2.75) is 25.4 Å². The van der Waals surface area contributed by atoms with E-state index in [-0.39, 0.29) is 13.0 Å². The maximum Gasteiger partial charge on any atom is 0.126 e. The minimum atomic E-state index is -1.08. The van der Waals surface area contributed by atoms with E-state index in [1.165, 1.54) is 12.1 Å². The maximum absolute atomic E-state index is 12.9. The van der Waals surface area contributed by atoms with Crippen LogP contribution in [0.25, 0.3) is 0 Å². The molecule has 0 bridgehead atoms. The second-order valence-corrected chi connectivity index (χ2v) is 3.74. The first kappa shape index (κ1) is 12.1. The minimum Gasteiger partial charge on any atom is -0.388 e. The first-order valence-electron chi connectivity index (χ1n) is 4.86. The fraction of sp³-hybridized carbons (Fsp3) is 0.455. The average molecular weight is 215 g/mol. The Morgan fingerprint density at radius 1 is 1.27 bits per heavy atom. The van der Waals surface area contributed by atoms with Crippen LogP contribution in [0.2, 0.25) is 0 Å². The van der Waals surface area contributed by atoms with Gasteiger partial charge in [0.05, 0.1) is 5.60 Å². The highest BCUT2D eigenvalue weighted by molar-refractivity contribution is 5.20. The summed E-state index contributed by atoms with van der Waals surface area (Å²) in [7, 11) is 0. The molecule has 15 heavy (non-hydrogen) atoms. The van der Waals surface area contributed by atoms with E-state index >= 15 is 0 Å². The number of benzene rings is 1. The molecule has 0 radical (unpaired) electrons. The van der Waals surface area contributed by atoms with Gasteiger partial charge in [0.2, 0.25) is 0 Å². The minimum absolute atomic E-state index is 0.0711. The summed E-state index contributed by atoms with van der Waals surface area (Å²) in [6, 6.07) is 3.22. The van der Waals surface area contributed by atoms with Gasteiger partial charge in [0.15, 0.2) is 0 Å². The van der Waals surface area contributed by atoms with E-state index in [4.69, 9.17) is 5.73 Å². The molecule has 0 saturated carbocycles. The number of aliphatic hydroxyl groups is 1. The molecule has 0 aromatic heterocycles. The lowest BCUT2D eigenvalue weighted by Crippen LogP contribution is -2.39. The molecule has 1 atom stereocenters. The summed E-state index contributed by atoms with van der Waals surface area (Å²) in [6.45, 7) is 1.85. The van der Waals surface area contributed by atoms with Crippen LogP contribution in [0.4, 0.5) is 8.78 Å². The van der Waals surface area contributed by atoms with E-state index in [1.54, 1.807) is 6.92 Å². The number of rotatable bonds is 4. The van der Waals surface area contributed by atoms with Crippen LogP contribution in [0.15, 0.2) is 18.2 Å². The van der Waals surface area contributed by atoms with Gasteiger partial charge in [0.25, 0.3) is 0 Å². The zero-order valence-corrected chi connectivity index (χ0v) is 8.63. The van der Waals surface area contributed by atoms with Crippen molar-refractivity contribution in [3.63, 3.8) is 0 Å². The van der Waals surface area contributed by atoms with Gasteiger partial charge in [0.1, 0.15) is 11.6 Å². The van der Waals surface area contributed by atoms with E-state index in [1.807, 2.05) is 0 Å². The molecule has 0 heterocycles. The van der Waals surface area contributed by atoms with Crippen molar-refractivity contribution in [3.8, 4) is 0 Å². The quantitative estimate of drug-likeness (QED) is 0.801. The summed E-state index contributed by atoms with van der Waals surface area (Å²) >= 11 is 0. The zero-order valence-electron chi connectivity index (χ0n) is 8.63. The van der Waals surface area contributed by atoms with Gasteiger partial charge in [-0.3, -0.25) is 0 Å². The molecular weight excluding hydrogens is 200 g/mol. The van der Waals surface area contributed by atoms with Crippen molar-refractivity contribution >= 4 is 0 Å². The number of nitrogens with two attached hydrogens (primary N) is 1. The second-order valence-electron chi connectivity index (χ2n) is 3.74. The molecule has 1 aromatic rings. The molecule has 2 nitrogen and oxygen atoms in total. The third-order valence-electron chi connectivity index (χ3n) is 2.49. The highest BCUT2D eigenvalue weighted by Gasteiger charge is 2.23. The Hall–Kier alpha value is -1.00. The first-order valence-corrected chi connectivity index (χ1v) is 4.86. The Balaban J connectivity index is 2.88. The van der Waals surface area contributed by atoms with Crippen molar-refractivity contribution in [1.29, 1.82) is 0 Å². The SMILES string of the molecule is CCC(O)(CN)Cc1cc(F)cc(F)c1. The van der Waals surface area contributed by atoms with Crippen LogP contribution in [0.5, 0.6) is 0 Å². The van der Waals surface area contributed by atoms with E-state index in [0.717, 1.165) is 6.07 Å². The fourth-order valence-corrected chi connectivity index (χ4v) is 1.43. The van der Waals surface area contributed by atoms with Gasteiger partial charge < -0.3 is 10.8 Å². The van der Waals surface area contributed by atoms with E-state index < -0.39 is 17.2 Å². The third-order valence-corrected chi connectivity index (χ3v) is 2.49. The lowest BCUT2D eigenvalue weighted by Gasteiger charge is -2.24. The van der Waals surface area contributed by atoms with Crippen LogP contribution in [0.1, 0.15) is 18.9 Å². The van der Waals surface area contributed by atoms with Gasteiger partial charge in [-0.25, -0.2) is 8.78 Å². The predicted molar refractivity (Wildman–Crippen MR) is 54.4 cm³/mol. The van der Waals surface area contributed by atoms with Crippen molar-refractivity contribution in [2.75, 3.05) is 6.54 Å². The molecule has 0 aliphatic heterocycles. The summed E-state index contributed by atoms with van der Waals surface area (Å²) in [5, 5.41) is 9.89. The van der Waals surface area contributed by atoms with Gasteiger partial charge in [0, 0.05) is 19.0 Å². The van der Waals surface area contributed by atoms with Gasteiger partial charge >= 0.3 is 0 Å². The smallest absolute Gasteiger partial charge is 0.126 e. The van der Waals surface area contributed by atoms with Crippen LogP contribution in [0.3, 0.4) is 0 Å². The largest absolute Gasteiger partial charge is 0.388 e. The molecule has 0 saturated heterocycles. The summed E-state index contributed by atoms with van der Waals surface area (Å²) in [5.74, 6) is -1.28. The standard InChI is InChI=1S/C11H15F2NO/c1-2-11(15,7-14)6-8-3-9(12)5-10(13)4-8/h3-5,15H,2,6-7,14H2,1H3. The van der Waals surface area contributed by atoms with Crippen LogP contribution in [-0.4, -0.2) is 17.3 Å². The Morgan fingerprint density at radius 3 is 2.20 bits per heavy atom. The molecule has 84 valence electrons. The van der Waals surface area contributed by atoms with Gasteiger partial charge in [-0.15, -0.1) is 0 Å². The molecule has 1 aromatic carbocycles. The zero-order chi connectivity index (χ0) is 11.5. The Kier molecular flexibility index (Phi) is 3.77. The molecule has 0 aliphatic carbocycles. The molecule has 0 spiro atoms. The Labute approximate surface area is 87.7 Å². The summed E-state index contributed by atoms with van der Waals surface area (Å²) in [6.07, 6.45) is 0.607. The molecule has 1 rings (SSSR count). The molecule has 3 N–H and O–H groups in total. The first-order chi connectivity index (χ1) is 6.99. The van der Waals surface area contributed by atoms with Gasteiger partial charge in [-0.1, -0.05) is 6.92 Å². The lowest BCUT2D eigenvalue weighted by atomic mass is 9.92. The van der Waals surface area contributed by atoms with Crippen LogP contribution >= 0.6 is 0 Å². The van der Waals surface area contributed by atoms with Crippen LogP contribution < -0.4 is 5.73 Å². The normalized spacial score (nSPS) is 15.0. The van der Waals surface area contributed by atoms with Crippen LogP contribution in [-0.2, 0) is 6.42 Å². The third kappa shape index (κ3) is 3.25. The van der Waals surface area contributed by atoms with Gasteiger partial charge in [-0.2, -0.15) is 0 Å². The molecule has 1 unspecified atom stereocenters. The van der Waals surface area contributed by atoms with Gasteiger partial charge in [-0.05, 0) is 24.1 Å². The molecule has 4 heteroatoms. The topological polar surface area (TPSA) is 46.2 Å². The number of hydrogen-bond donors (Lipinski definition) is 2. The molecule has 0 fully saturated rings. The molecular formula is C11H15F2NO. The maximum atomic E-state index is 12.9. The Bertz CT molecular complexity index is 317.